The summed E-state index contributed by atoms with van der Waals surface area (Å²) >= 11 is 0. The first kappa shape index (κ1) is 15.7. The average molecular weight is 263 g/mol. The third-order valence-electron chi connectivity index (χ3n) is 3.41. The molecule has 0 aliphatic rings. The van der Waals surface area contributed by atoms with Crippen molar-refractivity contribution >= 4 is 5.91 Å². The van der Waals surface area contributed by atoms with Gasteiger partial charge in [0.15, 0.2) is 0 Å². The molecule has 0 spiro atoms. The molecule has 2 N–H and O–H groups in total. The van der Waals surface area contributed by atoms with Crippen molar-refractivity contribution in [3.63, 3.8) is 0 Å². The van der Waals surface area contributed by atoms with Gasteiger partial charge in [-0.2, -0.15) is 0 Å². The molecule has 3 nitrogen and oxygen atoms in total. The Labute approximate surface area is 116 Å². The first-order chi connectivity index (χ1) is 8.84. The molecule has 0 atom stereocenters. The lowest BCUT2D eigenvalue weighted by Gasteiger charge is -2.23. The Kier molecular flexibility index (Phi) is 5.55. The van der Waals surface area contributed by atoms with E-state index in [4.69, 9.17) is 5.11 Å². The predicted octanol–water partition coefficient (Wildman–Crippen LogP) is 2.37. The van der Waals surface area contributed by atoms with Crippen molar-refractivity contribution in [3.8, 4) is 0 Å². The van der Waals surface area contributed by atoms with E-state index in [9.17, 15) is 4.79 Å². The first-order valence-electron chi connectivity index (χ1n) is 6.78. The molecule has 1 aromatic carbocycles. The van der Waals surface area contributed by atoms with E-state index in [0.29, 0.717) is 19.4 Å². The molecule has 19 heavy (non-hydrogen) atoms. The molecular formula is C16H25NO2. The highest BCUT2D eigenvalue weighted by Gasteiger charge is 2.18. The fourth-order valence-corrected chi connectivity index (χ4v) is 1.96. The van der Waals surface area contributed by atoms with Gasteiger partial charge in [0.05, 0.1) is 6.42 Å². The Morgan fingerprint density at radius 1 is 1.32 bits per heavy atom. The predicted molar refractivity (Wildman–Crippen MR) is 78.1 cm³/mol. The number of aryl methyl sites for hydroxylation is 2. The standard InChI is InChI=1S/C16H25NO2/c1-12-5-6-13(2)14(9-12)10-15(19)17-11-16(3,4)7-8-18/h5-6,9,18H,7-8,10-11H2,1-4H3,(H,17,19). The zero-order chi connectivity index (χ0) is 14.5. The molecule has 0 aromatic heterocycles. The minimum Gasteiger partial charge on any atom is -0.396 e. The van der Waals surface area contributed by atoms with Crippen molar-refractivity contribution in [3.05, 3.63) is 34.9 Å². The summed E-state index contributed by atoms with van der Waals surface area (Å²) in [5.74, 6) is 0.0414. The minimum absolute atomic E-state index is 0.0414. The Hall–Kier alpha value is -1.35. The van der Waals surface area contributed by atoms with Gasteiger partial charge in [0.2, 0.25) is 5.91 Å². The average Bonchev–Trinajstić information content (AvgIpc) is 2.31. The minimum atomic E-state index is -0.0634. The van der Waals surface area contributed by atoms with E-state index < -0.39 is 0 Å². The summed E-state index contributed by atoms with van der Waals surface area (Å²) in [6.45, 7) is 8.89. The zero-order valence-corrected chi connectivity index (χ0v) is 12.4. The lowest BCUT2D eigenvalue weighted by molar-refractivity contribution is -0.120. The topological polar surface area (TPSA) is 49.3 Å². The summed E-state index contributed by atoms with van der Waals surface area (Å²) in [5, 5.41) is 11.9. The van der Waals surface area contributed by atoms with Gasteiger partial charge in [-0.25, -0.2) is 0 Å². The quantitative estimate of drug-likeness (QED) is 0.828. The van der Waals surface area contributed by atoms with Crippen molar-refractivity contribution in [1.29, 1.82) is 0 Å². The number of hydrogen-bond acceptors (Lipinski definition) is 2. The van der Waals surface area contributed by atoms with Crippen molar-refractivity contribution in [1.82, 2.24) is 5.32 Å². The van der Waals surface area contributed by atoms with Gasteiger partial charge in [0.1, 0.15) is 0 Å². The molecule has 1 aromatic rings. The maximum atomic E-state index is 12.0. The highest BCUT2D eigenvalue weighted by atomic mass is 16.3. The molecule has 0 aliphatic heterocycles. The zero-order valence-electron chi connectivity index (χ0n) is 12.4. The van der Waals surface area contributed by atoms with E-state index in [-0.39, 0.29) is 17.9 Å². The van der Waals surface area contributed by atoms with Crippen LogP contribution in [0.2, 0.25) is 0 Å². The van der Waals surface area contributed by atoms with Crippen LogP contribution in [0.1, 0.15) is 37.0 Å². The molecular weight excluding hydrogens is 238 g/mol. The number of amides is 1. The van der Waals surface area contributed by atoms with Crippen molar-refractivity contribution in [2.45, 2.75) is 40.5 Å². The van der Waals surface area contributed by atoms with E-state index in [1.807, 2.05) is 33.8 Å². The SMILES string of the molecule is Cc1ccc(C)c(CC(=O)NCC(C)(C)CCO)c1. The molecule has 1 rings (SSSR count). The van der Waals surface area contributed by atoms with Crippen LogP contribution in [0.4, 0.5) is 0 Å². The summed E-state index contributed by atoms with van der Waals surface area (Å²) in [6, 6.07) is 6.17. The molecule has 0 saturated heterocycles. The molecule has 0 radical (unpaired) electrons. The van der Waals surface area contributed by atoms with Gasteiger partial charge in [-0.15, -0.1) is 0 Å². The van der Waals surface area contributed by atoms with Gasteiger partial charge >= 0.3 is 0 Å². The number of aliphatic hydroxyl groups is 1. The molecule has 1 amide bonds. The summed E-state index contributed by atoms with van der Waals surface area (Å²) < 4.78 is 0. The fourth-order valence-electron chi connectivity index (χ4n) is 1.96. The van der Waals surface area contributed by atoms with Crippen LogP contribution in [0.5, 0.6) is 0 Å². The second-order valence-electron chi connectivity index (χ2n) is 6.02. The van der Waals surface area contributed by atoms with Crippen LogP contribution in [0.3, 0.4) is 0 Å². The highest BCUT2D eigenvalue weighted by molar-refractivity contribution is 5.79. The Bertz CT molecular complexity index is 438. The lowest BCUT2D eigenvalue weighted by Crippen LogP contribution is -2.35. The number of carbonyl (C=O) groups is 1. The smallest absolute Gasteiger partial charge is 0.224 e. The van der Waals surface area contributed by atoms with Crippen LogP contribution in [-0.2, 0) is 11.2 Å². The third-order valence-corrected chi connectivity index (χ3v) is 3.41. The molecule has 0 bridgehead atoms. The lowest BCUT2D eigenvalue weighted by atomic mass is 9.89. The van der Waals surface area contributed by atoms with Crippen LogP contribution < -0.4 is 5.32 Å². The van der Waals surface area contributed by atoms with Crippen LogP contribution in [0.15, 0.2) is 18.2 Å². The van der Waals surface area contributed by atoms with Gasteiger partial charge in [-0.3, -0.25) is 4.79 Å². The summed E-state index contributed by atoms with van der Waals surface area (Å²) in [4.78, 5) is 12.0. The largest absolute Gasteiger partial charge is 0.396 e. The molecule has 0 fully saturated rings. The normalized spacial score (nSPS) is 11.4. The second-order valence-corrected chi connectivity index (χ2v) is 6.02. The third kappa shape index (κ3) is 5.43. The van der Waals surface area contributed by atoms with Crippen molar-refractivity contribution in [2.75, 3.05) is 13.2 Å². The monoisotopic (exact) mass is 263 g/mol. The maximum absolute atomic E-state index is 12.0. The molecule has 0 saturated carbocycles. The number of benzene rings is 1. The van der Waals surface area contributed by atoms with E-state index >= 15 is 0 Å². The number of hydrogen-bond donors (Lipinski definition) is 2. The Morgan fingerprint density at radius 2 is 2.00 bits per heavy atom. The van der Waals surface area contributed by atoms with E-state index in [1.54, 1.807) is 0 Å². The Balaban J connectivity index is 2.54. The van der Waals surface area contributed by atoms with Crippen LogP contribution >= 0.6 is 0 Å². The summed E-state index contributed by atoms with van der Waals surface area (Å²) in [5.41, 5.74) is 3.34. The summed E-state index contributed by atoms with van der Waals surface area (Å²) in [6.07, 6.45) is 1.11. The van der Waals surface area contributed by atoms with E-state index in [1.165, 1.54) is 5.56 Å². The van der Waals surface area contributed by atoms with E-state index in [2.05, 4.69) is 17.4 Å². The molecule has 3 heteroatoms. The van der Waals surface area contributed by atoms with Crippen LogP contribution in [0, 0.1) is 19.3 Å². The number of rotatable bonds is 6. The fraction of sp³-hybridized carbons (Fsp3) is 0.562. The number of carbonyl (C=O) groups excluding carboxylic acids is 1. The van der Waals surface area contributed by atoms with Gasteiger partial charge in [0.25, 0.3) is 0 Å². The van der Waals surface area contributed by atoms with Crippen LogP contribution in [0.25, 0.3) is 0 Å². The van der Waals surface area contributed by atoms with Crippen LogP contribution in [-0.4, -0.2) is 24.2 Å². The molecule has 0 unspecified atom stereocenters. The van der Waals surface area contributed by atoms with E-state index in [0.717, 1.165) is 11.1 Å². The van der Waals surface area contributed by atoms with Crippen molar-refractivity contribution < 1.29 is 9.90 Å². The van der Waals surface area contributed by atoms with Crippen molar-refractivity contribution in [2.24, 2.45) is 5.41 Å². The highest BCUT2D eigenvalue weighted by Crippen LogP contribution is 2.18. The number of aliphatic hydroxyl groups excluding tert-OH is 1. The van der Waals surface area contributed by atoms with Gasteiger partial charge in [0, 0.05) is 13.2 Å². The first-order valence-corrected chi connectivity index (χ1v) is 6.78. The molecule has 106 valence electrons. The molecule has 0 aliphatic carbocycles. The second kappa shape index (κ2) is 6.71. The van der Waals surface area contributed by atoms with Gasteiger partial charge < -0.3 is 10.4 Å². The Morgan fingerprint density at radius 3 is 2.63 bits per heavy atom. The maximum Gasteiger partial charge on any atom is 0.224 e. The van der Waals surface area contributed by atoms with Gasteiger partial charge in [-0.05, 0) is 36.8 Å². The number of nitrogens with one attached hydrogen (secondary N) is 1. The summed E-state index contributed by atoms with van der Waals surface area (Å²) in [7, 11) is 0. The molecule has 0 heterocycles. The van der Waals surface area contributed by atoms with Gasteiger partial charge in [-0.1, -0.05) is 37.6 Å².